The summed E-state index contributed by atoms with van der Waals surface area (Å²) in [6.45, 7) is 3.85. The van der Waals surface area contributed by atoms with Gasteiger partial charge in [-0.05, 0) is 18.4 Å². The fourth-order valence-electron chi connectivity index (χ4n) is 3.59. The lowest BCUT2D eigenvalue weighted by molar-refractivity contribution is -0.0415. The number of amides is 1. The van der Waals surface area contributed by atoms with Crippen molar-refractivity contribution in [1.29, 1.82) is 0 Å². The summed E-state index contributed by atoms with van der Waals surface area (Å²) in [6, 6.07) is 10.6. The predicted octanol–water partition coefficient (Wildman–Crippen LogP) is 2.03. The van der Waals surface area contributed by atoms with Crippen LogP contribution in [0, 0.1) is 0 Å². The largest absolute Gasteiger partial charge is 0.443 e. The molecule has 7 nitrogen and oxygen atoms in total. The van der Waals surface area contributed by atoms with Crippen LogP contribution < -0.4 is 0 Å². The number of nitrogens with zero attached hydrogens (tertiary/aromatic N) is 5. The van der Waals surface area contributed by atoms with Crippen molar-refractivity contribution in [2.75, 3.05) is 26.2 Å². The third kappa shape index (κ3) is 3.19. The van der Waals surface area contributed by atoms with Crippen LogP contribution in [0.4, 0.5) is 4.79 Å². The fourth-order valence-corrected chi connectivity index (χ4v) is 3.59. The van der Waals surface area contributed by atoms with Crippen molar-refractivity contribution in [2.24, 2.45) is 0 Å². The monoisotopic (exact) mass is 353 g/mol. The smallest absolute Gasteiger partial charge is 0.410 e. The van der Waals surface area contributed by atoms with Gasteiger partial charge in [0.15, 0.2) is 0 Å². The van der Waals surface area contributed by atoms with E-state index in [-0.39, 0.29) is 18.2 Å². The third-order valence-electron chi connectivity index (χ3n) is 5.46. The summed E-state index contributed by atoms with van der Waals surface area (Å²) >= 11 is 0. The minimum absolute atomic E-state index is 0.0121. The van der Waals surface area contributed by atoms with Crippen LogP contribution in [0.1, 0.15) is 36.1 Å². The Morgan fingerprint density at radius 1 is 1.12 bits per heavy atom. The zero-order valence-electron chi connectivity index (χ0n) is 14.7. The first kappa shape index (κ1) is 15.8. The normalized spacial score (nSPS) is 21.3. The second-order valence-electron chi connectivity index (χ2n) is 7.64. The number of hydrogen-bond acceptors (Lipinski definition) is 5. The minimum atomic E-state index is -0.201. The lowest BCUT2D eigenvalue weighted by Crippen LogP contribution is -2.56. The number of ether oxygens (including phenoxy) is 1. The molecule has 3 heterocycles. The summed E-state index contributed by atoms with van der Waals surface area (Å²) in [6.07, 6.45) is 4.30. The molecule has 1 aromatic heterocycles. The first-order valence-corrected chi connectivity index (χ1v) is 9.38. The molecule has 0 spiro atoms. The summed E-state index contributed by atoms with van der Waals surface area (Å²) in [4.78, 5) is 16.3. The van der Waals surface area contributed by atoms with Crippen LogP contribution in [-0.2, 0) is 11.3 Å². The Hall–Kier alpha value is -2.41. The molecule has 7 heteroatoms. The Labute approximate surface area is 152 Å². The number of likely N-dealkylation sites (tertiary alicyclic amines) is 2. The zero-order chi connectivity index (χ0) is 17.5. The maximum Gasteiger partial charge on any atom is 0.410 e. The van der Waals surface area contributed by atoms with Gasteiger partial charge in [-0.15, -0.1) is 5.10 Å². The maximum atomic E-state index is 12.2. The van der Waals surface area contributed by atoms with Gasteiger partial charge in [0.1, 0.15) is 6.10 Å². The van der Waals surface area contributed by atoms with E-state index in [0.29, 0.717) is 19.0 Å². The molecule has 2 aromatic rings. The average molecular weight is 353 g/mol. The fraction of sp³-hybridized carbons (Fsp3) is 0.526. The molecule has 1 amide bonds. The van der Waals surface area contributed by atoms with Gasteiger partial charge in [0.25, 0.3) is 0 Å². The molecule has 26 heavy (non-hydrogen) atoms. The van der Waals surface area contributed by atoms with E-state index < -0.39 is 0 Å². The SMILES string of the molecule is O=C(OC1CN(Cc2ccccc2)C1)N1CC(n2cc(C3CC3)nn2)C1. The molecule has 0 unspecified atom stereocenters. The van der Waals surface area contributed by atoms with Crippen molar-refractivity contribution in [1.82, 2.24) is 24.8 Å². The van der Waals surface area contributed by atoms with E-state index in [2.05, 4.69) is 39.5 Å². The van der Waals surface area contributed by atoms with Crippen molar-refractivity contribution in [3.8, 4) is 0 Å². The molecule has 136 valence electrons. The third-order valence-corrected chi connectivity index (χ3v) is 5.46. The number of hydrogen-bond donors (Lipinski definition) is 0. The number of aromatic nitrogens is 3. The summed E-state index contributed by atoms with van der Waals surface area (Å²) in [5, 5.41) is 8.45. The Balaban J connectivity index is 1.04. The molecular formula is C19H23N5O2. The zero-order valence-corrected chi connectivity index (χ0v) is 14.7. The molecule has 1 saturated carbocycles. The molecule has 0 radical (unpaired) electrons. The Morgan fingerprint density at radius 3 is 2.62 bits per heavy atom. The van der Waals surface area contributed by atoms with Crippen molar-refractivity contribution in [3.05, 3.63) is 47.8 Å². The lowest BCUT2D eigenvalue weighted by atomic mass is 10.1. The van der Waals surface area contributed by atoms with E-state index in [1.54, 1.807) is 4.90 Å². The van der Waals surface area contributed by atoms with Gasteiger partial charge in [-0.3, -0.25) is 4.90 Å². The Bertz CT molecular complexity index is 776. The second kappa shape index (κ2) is 6.39. The lowest BCUT2D eigenvalue weighted by Gasteiger charge is -2.42. The highest BCUT2D eigenvalue weighted by molar-refractivity contribution is 5.69. The van der Waals surface area contributed by atoms with E-state index in [1.807, 2.05) is 16.9 Å². The molecule has 0 N–H and O–H groups in total. The molecular weight excluding hydrogens is 330 g/mol. The van der Waals surface area contributed by atoms with E-state index in [1.165, 1.54) is 18.4 Å². The standard InChI is InChI=1S/C19H23N5O2/c25-19(26-17-11-22(12-17)8-14-4-2-1-3-5-14)23-9-16(10-23)24-13-18(20-21-24)15-6-7-15/h1-5,13,15-17H,6-12H2. The first-order chi connectivity index (χ1) is 12.7. The summed E-state index contributed by atoms with van der Waals surface area (Å²) in [5.74, 6) is 0.613. The van der Waals surface area contributed by atoms with Crippen molar-refractivity contribution >= 4 is 6.09 Å². The Morgan fingerprint density at radius 2 is 1.88 bits per heavy atom. The highest BCUT2D eigenvalue weighted by atomic mass is 16.6. The van der Waals surface area contributed by atoms with Crippen molar-refractivity contribution in [3.63, 3.8) is 0 Å². The number of rotatable bonds is 5. The van der Waals surface area contributed by atoms with Crippen LogP contribution in [0.2, 0.25) is 0 Å². The molecule has 0 bridgehead atoms. The van der Waals surface area contributed by atoms with Crippen LogP contribution in [0.3, 0.4) is 0 Å². The molecule has 0 atom stereocenters. The van der Waals surface area contributed by atoms with Crippen LogP contribution in [0.15, 0.2) is 36.5 Å². The number of benzene rings is 1. The molecule has 3 aliphatic rings. The van der Waals surface area contributed by atoms with Gasteiger partial charge in [0.2, 0.25) is 0 Å². The predicted molar refractivity (Wildman–Crippen MR) is 94.6 cm³/mol. The molecule has 2 saturated heterocycles. The van der Waals surface area contributed by atoms with Gasteiger partial charge < -0.3 is 9.64 Å². The van der Waals surface area contributed by atoms with E-state index in [0.717, 1.165) is 25.3 Å². The van der Waals surface area contributed by atoms with E-state index >= 15 is 0 Å². The van der Waals surface area contributed by atoms with Gasteiger partial charge >= 0.3 is 6.09 Å². The summed E-state index contributed by atoms with van der Waals surface area (Å²) in [7, 11) is 0. The van der Waals surface area contributed by atoms with Gasteiger partial charge in [0, 0.05) is 44.8 Å². The maximum absolute atomic E-state index is 12.2. The molecule has 1 aliphatic carbocycles. The van der Waals surface area contributed by atoms with Gasteiger partial charge in [-0.25, -0.2) is 9.48 Å². The topological polar surface area (TPSA) is 63.5 Å². The molecule has 3 fully saturated rings. The summed E-state index contributed by atoms with van der Waals surface area (Å²) < 4.78 is 7.50. The number of carbonyl (C=O) groups excluding carboxylic acids is 1. The van der Waals surface area contributed by atoms with Crippen LogP contribution >= 0.6 is 0 Å². The van der Waals surface area contributed by atoms with Crippen molar-refractivity contribution in [2.45, 2.75) is 37.5 Å². The van der Waals surface area contributed by atoms with Gasteiger partial charge in [-0.1, -0.05) is 35.5 Å². The number of carbonyl (C=O) groups is 1. The quantitative estimate of drug-likeness (QED) is 0.823. The molecule has 2 aliphatic heterocycles. The van der Waals surface area contributed by atoms with Crippen LogP contribution in [0.25, 0.3) is 0 Å². The molecule has 1 aromatic carbocycles. The summed E-state index contributed by atoms with van der Waals surface area (Å²) in [5.41, 5.74) is 2.39. The highest BCUT2D eigenvalue weighted by Gasteiger charge is 2.38. The van der Waals surface area contributed by atoms with Gasteiger partial charge in [-0.2, -0.15) is 0 Å². The first-order valence-electron chi connectivity index (χ1n) is 9.38. The highest BCUT2D eigenvalue weighted by Crippen LogP contribution is 2.39. The average Bonchev–Trinajstić information content (AvgIpc) is 3.31. The Kier molecular flexibility index (Phi) is 3.89. The van der Waals surface area contributed by atoms with E-state index in [4.69, 9.17) is 4.74 Å². The molecule has 5 rings (SSSR count). The minimum Gasteiger partial charge on any atom is -0.443 e. The van der Waals surface area contributed by atoms with E-state index in [9.17, 15) is 4.79 Å². The van der Waals surface area contributed by atoms with Gasteiger partial charge in [0.05, 0.1) is 11.7 Å². The van der Waals surface area contributed by atoms with Crippen molar-refractivity contribution < 1.29 is 9.53 Å². The van der Waals surface area contributed by atoms with Crippen LogP contribution in [0.5, 0.6) is 0 Å². The van der Waals surface area contributed by atoms with Crippen LogP contribution in [-0.4, -0.2) is 63.2 Å². The second-order valence-corrected chi connectivity index (χ2v) is 7.64.